The highest BCUT2D eigenvalue weighted by molar-refractivity contribution is 6.31. The van der Waals surface area contributed by atoms with E-state index in [1.165, 1.54) is 0 Å². The van der Waals surface area contributed by atoms with E-state index < -0.39 is 40.6 Å². The van der Waals surface area contributed by atoms with Gasteiger partial charge in [0.2, 0.25) is 0 Å². The van der Waals surface area contributed by atoms with Crippen molar-refractivity contribution < 1.29 is 26.3 Å². The van der Waals surface area contributed by atoms with Gasteiger partial charge in [0.05, 0.1) is 11.1 Å². The first-order valence-corrected chi connectivity index (χ1v) is 6.97. The molecular formula is C15H11ClF6N2. The average molecular weight is 369 g/mol. The number of hydrogen-bond acceptors (Lipinski definition) is 2. The normalized spacial score (nSPS) is 12.3. The summed E-state index contributed by atoms with van der Waals surface area (Å²) in [5.41, 5.74) is 2.39. The first kappa shape index (κ1) is 18.4. The van der Waals surface area contributed by atoms with E-state index in [-0.39, 0.29) is 6.07 Å². The molecular weight excluding hydrogens is 358 g/mol. The molecule has 0 radical (unpaired) electrons. The van der Waals surface area contributed by atoms with Gasteiger partial charge in [-0.2, -0.15) is 26.3 Å². The SMILES string of the molecule is FC(F)(F)c1cc(Cl)c(CNNc2ccccc2)c(C(F)(F)F)c1. The summed E-state index contributed by atoms with van der Waals surface area (Å²) in [6.07, 6.45) is -9.88. The Bertz CT molecular complexity index is 698. The number of nitrogens with one attached hydrogen (secondary N) is 2. The Hall–Kier alpha value is -1.93. The van der Waals surface area contributed by atoms with Crippen LogP contribution in [0.3, 0.4) is 0 Å². The predicted molar refractivity (Wildman–Crippen MR) is 78.4 cm³/mol. The zero-order valence-corrected chi connectivity index (χ0v) is 12.7. The molecule has 2 aromatic carbocycles. The molecule has 2 aromatic rings. The molecule has 0 unspecified atom stereocenters. The van der Waals surface area contributed by atoms with Crippen LogP contribution in [0.1, 0.15) is 16.7 Å². The number of rotatable bonds is 4. The van der Waals surface area contributed by atoms with Crippen LogP contribution in [0.2, 0.25) is 5.02 Å². The van der Waals surface area contributed by atoms with Crippen LogP contribution in [-0.4, -0.2) is 0 Å². The molecule has 0 spiro atoms. The lowest BCUT2D eigenvalue weighted by Gasteiger charge is -2.18. The van der Waals surface area contributed by atoms with Gasteiger partial charge in [0, 0.05) is 17.3 Å². The highest BCUT2D eigenvalue weighted by Gasteiger charge is 2.39. The fourth-order valence-corrected chi connectivity index (χ4v) is 2.28. The third-order valence-electron chi connectivity index (χ3n) is 3.10. The molecule has 0 saturated carbocycles. The van der Waals surface area contributed by atoms with Crippen molar-refractivity contribution in [2.75, 3.05) is 5.43 Å². The highest BCUT2D eigenvalue weighted by atomic mass is 35.5. The lowest BCUT2D eigenvalue weighted by atomic mass is 10.0. The van der Waals surface area contributed by atoms with E-state index in [0.717, 1.165) is 0 Å². The van der Waals surface area contributed by atoms with Crippen molar-refractivity contribution in [1.82, 2.24) is 5.43 Å². The highest BCUT2D eigenvalue weighted by Crippen LogP contribution is 2.40. The number of para-hydroxylation sites is 1. The monoisotopic (exact) mass is 368 g/mol. The lowest BCUT2D eigenvalue weighted by Crippen LogP contribution is -2.24. The summed E-state index contributed by atoms with van der Waals surface area (Å²) in [5.74, 6) is 0. The second-order valence-electron chi connectivity index (χ2n) is 4.82. The molecule has 0 atom stereocenters. The summed E-state index contributed by atoms with van der Waals surface area (Å²) in [6, 6.07) is 9.02. The van der Waals surface area contributed by atoms with Gasteiger partial charge >= 0.3 is 12.4 Å². The summed E-state index contributed by atoms with van der Waals surface area (Å²) in [4.78, 5) is 0. The molecule has 0 aliphatic rings. The van der Waals surface area contributed by atoms with Crippen molar-refractivity contribution in [2.45, 2.75) is 18.9 Å². The van der Waals surface area contributed by atoms with E-state index in [1.54, 1.807) is 30.3 Å². The van der Waals surface area contributed by atoms with Crippen LogP contribution in [0.15, 0.2) is 42.5 Å². The fourth-order valence-electron chi connectivity index (χ4n) is 1.99. The molecule has 0 aromatic heterocycles. The second kappa shape index (κ2) is 6.90. The van der Waals surface area contributed by atoms with Gasteiger partial charge < -0.3 is 5.43 Å². The summed E-state index contributed by atoms with van der Waals surface area (Å²) in [5, 5.41) is -0.612. The summed E-state index contributed by atoms with van der Waals surface area (Å²) in [6.45, 7) is -0.416. The molecule has 130 valence electrons. The summed E-state index contributed by atoms with van der Waals surface area (Å²) < 4.78 is 77.3. The Morgan fingerprint density at radius 1 is 0.875 bits per heavy atom. The predicted octanol–water partition coefficient (Wildman–Crippen LogP) is 5.49. The van der Waals surface area contributed by atoms with Crippen LogP contribution in [-0.2, 0) is 18.9 Å². The maximum atomic E-state index is 13.1. The molecule has 0 amide bonds. The van der Waals surface area contributed by atoms with Crippen LogP contribution in [0.4, 0.5) is 32.0 Å². The molecule has 0 bridgehead atoms. The van der Waals surface area contributed by atoms with E-state index >= 15 is 0 Å². The van der Waals surface area contributed by atoms with Gasteiger partial charge in [-0.1, -0.05) is 29.8 Å². The Morgan fingerprint density at radius 2 is 1.50 bits per heavy atom. The number of anilines is 1. The third kappa shape index (κ3) is 4.55. The number of hydrazine groups is 1. The van der Waals surface area contributed by atoms with E-state index in [1.807, 2.05) is 0 Å². The van der Waals surface area contributed by atoms with E-state index in [0.29, 0.717) is 11.8 Å². The lowest BCUT2D eigenvalue weighted by molar-refractivity contribution is -0.143. The van der Waals surface area contributed by atoms with E-state index in [9.17, 15) is 26.3 Å². The zero-order valence-electron chi connectivity index (χ0n) is 11.9. The first-order chi connectivity index (χ1) is 11.1. The third-order valence-corrected chi connectivity index (χ3v) is 3.44. The number of hydrogen-bond donors (Lipinski definition) is 2. The Labute approximate surface area is 138 Å². The molecule has 9 heteroatoms. The Balaban J connectivity index is 2.28. The molecule has 0 saturated heterocycles. The van der Waals surface area contributed by atoms with Crippen molar-refractivity contribution >= 4 is 17.3 Å². The van der Waals surface area contributed by atoms with Crippen LogP contribution < -0.4 is 10.9 Å². The van der Waals surface area contributed by atoms with Crippen LogP contribution >= 0.6 is 11.6 Å². The smallest absolute Gasteiger partial charge is 0.321 e. The minimum atomic E-state index is -4.96. The molecule has 2 nitrogen and oxygen atoms in total. The second-order valence-corrected chi connectivity index (χ2v) is 5.23. The Morgan fingerprint density at radius 3 is 2.04 bits per heavy atom. The minimum Gasteiger partial charge on any atom is -0.321 e. The number of alkyl halides is 6. The summed E-state index contributed by atoms with van der Waals surface area (Å²) >= 11 is 5.66. The van der Waals surface area contributed by atoms with Crippen LogP contribution in [0, 0.1) is 0 Å². The topological polar surface area (TPSA) is 24.1 Å². The van der Waals surface area contributed by atoms with Gasteiger partial charge in [-0.25, -0.2) is 5.43 Å². The maximum absolute atomic E-state index is 13.1. The van der Waals surface area contributed by atoms with Gasteiger partial charge in [-0.15, -0.1) is 0 Å². The zero-order chi connectivity index (χ0) is 18.0. The molecule has 0 fully saturated rings. The minimum absolute atomic E-state index is 0.0609. The van der Waals surface area contributed by atoms with Crippen molar-refractivity contribution in [1.29, 1.82) is 0 Å². The number of halogens is 7. The van der Waals surface area contributed by atoms with Crippen molar-refractivity contribution in [3.8, 4) is 0 Å². The standard InChI is InChI=1S/C15H11ClF6N2/c16-13-7-9(14(17,18)19)6-12(15(20,21)22)11(13)8-23-24-10-4-2-1-3-5-10/h1-7,23-24H,8H2. The molecule has 2 rings (SSSR count). The van der Waals surface area contributed by atoms with Gasteiger partial charge in [0.25, 0.3) is 0 Å². The first-order valence-electron chi connectivity index (χ1n) is 6.60. The van der Waals surface area contributed by atoms with Crippen molar-refractivity contribution in [3.63, 3.8) is 0 Å². The van der Waals surface area contributed by atoms with E-state index in [4.69, 9.17) is 11.6 Å². The van der Waals surface area contributed by atoms with Crippen molar-refractivity contribution in [2.24, 2.45) is 0 Å². The van der Waals surface area contributed by atoms with Gasteiger partial charge in [-0.05, 0) is 29.8 Å². The van der Waals surface area contributed by atoms with Crippen LogP contribution in [0.5, 0.6) is 0 Å². The molecule has 0 heterocycles. The Kier molecular flexibility index (Phi) is 5.29. The molecule has 0 aliphatic carbocycles. The summed E-state index contributed by atoms with van der Waals surface area (Å²) in [7, 11) is 0. The molecule has 2 N–H and O–H groups in total. The van der Waals surface area contributed by atoms with E-state index in [2.05, 4.69) is 10.9 Å². The quantitative estimate of drug-likeness (QED) is 0.550. The van der Waals surface area contributed by atoms with Gasteiger partial charge in [-0.3, -0.25) is 0 Å². The van der Waals surface area contributed by atoms with Gasteiger partial charge in [0.15, 0.2) is 0 Å². The van der Waals surface area contributed by atoms with Crippen LogP contribution in [0.25, 0.3) is 0 Å². The molecule has 0 aliphatic heterocycles. The average Bonchev–Trinajstić information content (AvgIpc) is 2.47. The van der Waals surface area contributed by atoms with Crippen molar-refractivity contribution in [3.05, 3.63) is 64.2 Å². The fraction of sp³-hybridized carbons (Fsp3) is 0.200. The van der Waals surface area contributed by atoms with Gasteiger partial charge in [0.1, 0.15) is 0 Å². The molecule has 24 heavy (non-hydrogen) atoms. The number of benzene rings is 2. The maximum Gasteiger partial charge on any atom is 0.416 e. The largest absolute Gasteiger partial charge is 0.416 e.